The van der Waals surface area contributed by atoms with Crippen molar-refractivity contribution in [1.82, 2.24) is 0 Å². The average molecular weight is 299 g/mol. The molecule has 0 atom stereocenters. The molecule has 0 spiro atoms. The number of hydrogen-bond acceptors (Lipinski definition) is 3. The molecule has 0 N–H and O–H groups in total. The number of anilines is 1. The second kappa shape index (κ2) is 5.97. The first-order valence-electron chi connectivity index (χ1n) is 7.02. The fourth-order valence-corrected chi connectivity index (χ4v) is 2.37. The molecule has 0 saturated carbocycles. The summed E-state index contributed by atoms with van der Waals surface area (Å²) in [7, 11) is 0. The van der Waals surface area contributed by atoms with Crippen LogP contribution in [0.1, 0.15) is 23.2 Å². The lowest BCUT2D eigenvalue weighted by Gasteiger charge is -2.15. The van der Waals surface area contributed by atoms with E-state index >= 15 is 0 Å². The van der Waals surface area contributed by atoms with Gasteiger partial charge in [-0.1, -0.05) is 0 Å². The van der Waals surface area contributed by atoms with Crippen LogP contribution < -0.4 is 9.64 Å². The quantitative estimate of drug-likeness (QED) is 0.646. The van der Waals surface area contributed by atoms with Gasteiger partial charge in [0, 0.05) is 18.7 Å². The van der Waals surface area contributed by atoms with Gasteiger partial charge in [-0.25, -0.2) is 9.18 Å². The van der Waals surface area contributed by atoms with Crippen LogP contribution in [0.2, 0.25) is 0 Å². The monoisotopic (exact) mass is 299 g/mol. The van der Waals surface area contributed by atoms with Crippen molar-refractivity contribution in [2.75, 3.05) is 11.4 Å². The van der Waals surface area contributed by atoms with Crippen LogP contribution in [-0.4, -0.2) is 18.4 Å². The molecule has 112 valence electrons. The molecular weight excluding hydrogens is 285 g/mol. The van der Waals surface area contributed by atoms with Crippen LogP contribution >= 0.6 is 0 Å². The number of rotatable bonds is 3. The third-order valence-corrected chi connectivity index (χ3v) is 3.51. The number of carbonyl (C=O) groups excluding carboxylic acids is 2. The van der Waals surface area contributed by atoms with Crippen LogP contribution in [0.4, 0.5) is 10.1 Å². The topological polar surface area (TPSA) is 46.6 Å². The van der Waals surface area contributed by atoms with E-state index in [1.807, 2.05) is 0 Å². The Balaban J connectivity index is 1.70. The summed E-state index contributed by atoms with van der Waals surface area (Å²) in [5.41, 5.74) is 1.15. The number of hydrogen-bond donors (Lipinski definition) is 0. The van der Waals surface area contributed by atoms with Gasteiger partial charge in [-0.15, -0.1) is 0 Å². The first-order chi connectivity index (χ1) is 10.6. The summed E-state index contributed by atoms with van der Waals surface area (Å²) >= 11 is 0. The van der Waals surface area contributed by atoms with Gasteiger partial charge in [0.2, 0.25) is 5.91 Å². The van der Waals surface area contributed by atoms with Crippen LogP contribution in [0.25, 0.3) is 0 Å². The third-order valence-electron chi connectivity index (χ3n) is 3.51. The molecule has 0 aliphatic carbocycles. The van der Waals surface area contributed by atoms with Crippen LogP contribution in [0, 0.1) is 5.82 Å². The number of amides is 1. The highest BCUT2D eigenvalue weighted by Crippen LogP contribution is 2.22. The van der Waals surface area contributed by atoms with Crippen molar-refractivity contribution in [3.8, 4) is 5.75 Å². The lowest BCUT2D eigenvalue weighted by molar-refractivity contribution is -0.117. The molecule has 0 radical (unpaired) electrons. The Hall–Kier alpha value is -2.69. The Labute approximate surface area is 127 Å². The van der Waals surface area contributed by atoms with Gasteiger partial charge in [-0.2, -0.15) is 0 Å². The number of ether oxygens (including phenoxy) is 1. The first kappa shape index (κ1) is 14.3. The Kier molecular flexibility index (Phi) is 3.87. The van der Waals surface area contributed by atoms with E-state index < -0.39 is 5.97 Å². The van der Waals surface area contributed by atoms with E-state index in [9.17, 15) is 14.0 Å². The largest absolute Gasteiger partial charge is 0.423 e. The molecule has 1 aliphatic rings. The van der Waals surface area contributed by atoms with Gasteiger partial charge >= 0.3 is 5.97 Å². The number of carbonyl (C=O) groups is 2. The van der Waals surface area contributed by atoms with E-state index in [2.05, 4.69) is 0 Å². The molecule has 22 heavy (non-hydrogen) atoms. The van der Waals surface area contributed by atoms with Gasteiger partial charge in [0.25, 0.3) is 0 Å². The van der Waals surface area contributed by atoms with Crippen LogP contribution in [0.15, 0.2) is 48.5 Å². The Morgan fingerprint density at radius 1 is 1.05 bits per heavy atom. The fraction of sp³-hybridized carbons (Fsp3) is 0.176. The maximum Gasteiger partial charge on any atom is 0.343 e. The van der Waals surface area contributed by atoms with E-state index in [4.69, 9.17) is 4.74 Å². The minimum atomic E-state index is -0.522. The first-order valence-corrected chi connectivity index (χ1v) is 7.02. The molecule has 3 rings (SSSR count). The van der Waals surface area contributed by atoms with Crippen LogP contribution in [0.5, 0.6) is 5.75 Å². The number of esters is 1. The predicted molar refractivity (Wildman–Crippen MR) is 79.4 cm³/mol. The summed E-state index contributed by atoms with van der Waals surface area (Å²) in [5.74, 6) is -0.530. The van der Waals surface area contributed by atoms with Gasteiger partial charge in [-0.3, -0.25) is 4.79 Å². The highest BCUT2D eigenvalue weighted by Gasteiger charge is 2.21. The van der Waals surface area contributed by atoms with Gasteiger partial charge in [0.15, 0.2) is 0 Å². The molecule has 2 aromatic rings. The standard InChI is InChI=1S/C17H14FNO3/c18-13-5-9-15(10-6-13)22-17(21)12-3-7-14(8-4-12)19-11-1-2-16(19)20/h3-10H,1-2,11H2. The molecule has 1 saturated heterocycles. The van der Waals surface area contributed by atoms with E-state index in [0.717, 1.165) is 12.1 Å². The number of benzene rings is 2. The van der Waals surface area contributed by atoms with Gasteiger partial charge in [0.1, 0.15) is 11.6 Å². The van der Waals surface area contributed by atoms with E-state index in [1.165, 1.54) is 24.3 Å². The van der Waals surface area contributed by atoms with Crippen LogP contribution in [0.3, 0.4) is 0 Å². The fourth-order valence-electron chi connectivity index (χ4n) is 2.37. The van der Waals surface area contributed by atoms with Gasteiger partial charge in [-0.05, 0) is 55.0 Å². The maximum atomic E-state index is 12.8. The molecule has 4 nitrogen and oxygen atoms in total. The molecular formula is C17H14FNO3. The SMILES string of the molecule is O=C(Oc1ccc(F)cc1)c1ccc(N2CCCC2=O)cc1. The second-order valence-electron chi connectivity index (χ2n) is 5.04. The van der Waals surface area contributed by atoms with E-state index in [-0.39, 0.29) is 17.5 Å². The predicted octanol–water partition coefficient (Wildman–Crippen LogP) is 3.17. The Morgan fingerprint density at radius 2 is 1.73 bits per heavy atom. The summed E-state index contributed by atoms with van der Waals surface area (Å²) in [5, 5.41) is 0. The zero-order valence-electron chi connectivity index (χ0n) is 11.8. The lowest BCUT2D eigenvalue weighted by Crippen LogP contribution is -2.23. The zero-order valence-corrected chi connectivity index (χ0v) is 11.8. The normalized spacial score (nSPS) is 14.2. The van der Waals surface area contributed by atoms with Crippen molar-refractivity contribution in [3.05, 3.63) is 59.9 Å². The second-order valence-corrected chi connectivity index (χ2v) is 5.04. The van der Waals surface area contributed by atoms with Gasteiger partial charge in [0.05, 0.1) is 5.56 Å². The maximum absolute atomic E-state index is 12.8. The van der Waals surface area contributed by atoms with Crippen molar-refractivity contribution in [1.29, 1.82) is 0 Å². The molecule has 0 bridgehead atoms. The summed E-state index contributed by atoms with van der Waals surface area (Å²) in [4.78, 5) is 25.4. The minimum absolute atomic E-state index is 0.0987. The van der Waals surface area contributed by atoms with Crippen LogP contribution in [-0.2, 0) is 4.79 Å². The summed E-state index contributed by atoms with van der Waals surface area (Å²) in [6.45, 7) is 0.707. The molecule has 1 aliphatic heterocycles. The average Bonchev–Trinajstić information content (AvgIpc) is 2.96. The number of halogens is 1. The van der Waals surface area contributed by atoms with E-state index in [0.29, 0.717) is 18.5 Å². The third kappa shape index (κ3) is 2.98. The lowest BCUT2D eigenvalue weighted by atomic mass is 10.2. The highest BCUT2D eigenvalue weighted by atomic mass is 19.1. The molecule has 2 aromatic carbocycles. The van der Waals surface area contributed by atoms with Crippen molar-refractivity contribution in [3.63, 3.8) is 0 Å². The summed E-state index contributed by atoms with van der Waals surface area (Å²) < 4.78 is 18.0. The highest BCUT2D eigenvalue weighted by molar-refractivity contribution is 5.96. The van der Waals surface area contributed by atoms with Crippen molar-refractivity contribution < 1.29 is 18.7 Å². The molecule has 0 aromatic heterocycles. The van der Waals surface area contributed by atoms with Crippen molar-refractivity contribution >= 4 is 17.6 Å². The molecule has 5 heteroatoms. The summed E-state index contributed by atoms with van der Waals surface area (Å²) in [6.07, 6.45) is 1.42. The number of nitrogens with zero attached hydrogens (tertiary/aromatic N) is 1. The molecule has 1 fully saturated rings. The Bertz CT molecular complexity index is 695. The smallest absolute Gasteiger partial charge is 0.343 e. The zero-order chi connectivity index (χ0) is 15.5. The van der Waals surface area contributed by atoms with E-state index in [1.54, 1.807) is 29.2 Å². The van der Waals surface area contributed by atoms with Crippen molar-refractivity contribution in [2.45, 2.75) is 12.8 Å². The molecule has 0 unspecified atom stereocenters. The van der Waals surface area contributed by atoms with Crippen molar-refractivity contribution in [2.24, 2.45) is 0 Å². The molecule has 1 amide bonds. The Morgan fingerprint density at radius 3 is 2.32 bits per heavy atom. The van der Waals surface area contributed by atoms with Gasteiger partial charge < -0.3 is 9.64 Å². The molecule has 1 heterocycles. The summed E-state index contributed by atoms with van der Waals surface area (Å²) in [6, 6.07) is 11.9. The minimum Gasteiger partial charge on any atom is -0.423 e.